The topological polar surface area (TPSA) is 50.8 Å². The Kier molecular flexibility index (Phi) is 3.45. The predicted molar refractivity (Wildman–Crippen MR) is 67.1 cm³/mol. The Morgan fingerprint density at radius 2 is 2.35 bits per heavy atom. The highest BCUT2D eigenvalue weighted by Crippen LogP contribution is 2.20. The van der Waals surface area contributed by atoms with E-state index in [0.717, 1.165) is 21.6 Å². The molecule has 1 aromatic carbocycles. The van der Waals surface area contributed by atoms with Gasteiger partial charge in [0.2, 0.25) is 0 Å². The van der Waals surface area contributed by atoms with Gasteiger partial charge in [0.1, 0.15) is 5.75 Å². The van der Waals surface area contributed by atoms with Crippen LogP contribution in [0.3, 0.4) is 0 Å². The molecule has 2 rings (SSSR count). The van der Waals surface area contributed by atoms with Crippen molar-refractivity contribution in [3.8, 4) is 17.5 Å². The molecule has 0 atom stereocenters. The standard InChI is InChI=1S/C12H10BrN3O/c1-17-10-4-2-3-9(7-10)16-8-11(13)12(15-16)5-6-14/h2-4,7-8H,5H2,1H3. The van der Waals surface area contributed by atoms with Gasteiger partial charge in [0.25, 0.3) is 0 Å². The minimum atomic E-state index is 0.289. The van der Waals surface area contributed by atoms with Gasteiger partial charge in [-0.2, -0.15) is 10.4 Å². The quantitative estimate of drug-likeness (QED) is 0.874. The van der Waals surface area contributed by atoms with Gasteiger partial charge in [-0.3, -0.25) is 0 Å². The summed E-state index contributed by atoms with van der Waals surface area (Å²) in [5.74, 6) is 0.774. The summed E-state index contributed by atoms with van der Waals surface area (Å²) < 4.78 is 7.71. The lowest BCUT2D eigenvalue weighted by Gasteiger charge is -2.03. The fraction of sp³-hybridized carbons (Fsp3) is 0.167. The van der Waals surface area contributed by atoms with E-state index in [1.807, 2.05) is 30.5 Å². The van der Waals surface area contributed by atoms with Crippen LogP contribution in [-0.4, -0.2) is 16.9 Å². The molecule has 0 saturated carbocycles. The first kappa shape index (κ1) is 11.7. The molecule has 0 spiro atoms. The lowest BCUT2D eigenvalue weighted by Crippen LogP contribution is -1.96. The number of rotatable bonds is 3. The first-order valence-electron chi connectivity index (χ1n) is 5.00. The van der Waals surface area contributed by atoms with Crippen LogP contribution >= 0.6 is 15.9 Å². The normalized spacial score (nSPS) is 9.94. The van der Waals surface area contributed by atoms with Gasteiger partial charge >= 0.3 is 0 Å². The molecule has 0 fully saturated rings. The minimum Gasteiger partial charge on any atom is -0.497 e. The molecule has 0 bridgehead atoms. The number of nitriles is 1. The van der Waals surface area contributed by atoms with Gasteiger partial charge in [-0.25, -0.2) is 4.68 Å². The molecule has 86 valence electrons. The summed E-state index contributed by atoms with van der Waals surface area (Å²) >= 11 is 3.39. The van der Waals surface area contributed by atoms with E-state index < -0.39 is 0 Å². The smallest absolute Gasteiger partial charge is 0.121 e. The minimum absolute atomic E-state index is 0.289. The van der Waals surface area contributed by atoms with Gasteiger partial charge in [-0.1, -0.05) is 6.07 Å². The van der Waals surface area contributed by atoms with E-state index in [1.54, 1.807) is 11.8 Å². The van der Waals surface area contributed by atoms with Crippen LogP contribution in [0.1, 0.15) is 5.69 Å². The van der Waals surface area contributed by atoms with Gasteiger partial charge < -0.3 is 4.74 Å². The first-order valence-corrected chi connectivity index (χ1v) is 5.79. The average Bonchev–Trinajstić information content (AvgIpc) is 2.72. The van der Waals surface area contributed by atoms with E-state index in [-0.39, 0.29) is 6.42 Å². The van der Waals surface area contributed by atoms with Gasteiger partial charge in [0, 0.05) is 12.3 Å². The van der Waals surface area contributed by atoms with E-state index >= 15 is 0 Å². The molecule has 2 aromatic rings. The van der Waals surface area contributed by atoms with Crippen LogP contribution in [0.4, 0.5) is 0 Å². The van der Waals surface area contributed by atoms with Crippen LogP contribution in [0.5, 0.6) is 5.75 Å². The highest BCUT2D eigenvalue weighted by Gasteiger charge is 2.07. The van der Waals surface area contributed by atoms with Crippen LogP contribution in [0.2, 0.25) is 0 Å². The van der Waals surface area contributed by atoms with Gasteiger partial charge in [0.05, 0.1) is 35.5 Å². The van der Waals surface area contributed by atoms with Crippen LogP contribution in [0.15, 0.2) is 34.9 Å². The molecule has 1 heterocycles. The van der Waals surface area contributed by atoms with E-state index in [1.165, 1.54) is 0 Å². The number of benzene rings is 1. The van der Waals surface area contributed by atoms with E-state index in [0.29, 0.717) is 0 Å². The zero-order valence-electron chi connectivity index (χ0n) is 9.22. The zero-order valence-corrected chi connectivity index (χ0v) is 10.8. The van der Waals surface area contributed by atoms with Crippen molar-refractivity contribution in [1.82, 2.24) is 9.78 Å². The number of hydrogen-bond acceptors (Lipinski definition) is 3. The second-order valence-electron chi connectivity index (χ2n) is 3.40. The first-order chi connectivity index (χ1) is 8.24. The lowest BCUT2D eigenvalue weighted by molar-refractivity contribution is 0.414. The van der Waals surface area contributed by atoms with Crippen molar-refractivity contribution in [2.24, 2.45) is 0 Å². The van der Waals surface area contributed by atoms with Crippen molar-refractivity contribution in [1.29, 1.82) is 5.26 Å². The van der Waals surface area contributed by atoms with Crippen molar-refractivity contribution >= 4 is 15.9 Å². The maximum absolute atomic E-state index is 8.67. The van der Waals surface area contributed by atoms with E-state index in [9.17, 15) is 0 Å². The summed E-state index contributed by atoms with van der Waals surface area (Å²) in [7, 11) is 1.62. The molecule has 1 aromatic heterocycles. The van der Waals surface area contributed by atoms with E-state index in [2.05, 4.69) is 27.1 Å². The zero-order chi connectivity index (χ0) is 12.3. The Bertz CT molecular complexity index is 571. The summed E-state index contributed by atoms with van der Waals surface area (Å²) in [4.78, 5) is 0. The van der Waals surface area contributed by atoms with Gasteiger partial charge in [-0.15, -0.1) is 0 Å². The third kappa shape index (κ3) is 2.48. The van der Waals surface area contributed by atoms with Crippen LogP contribution in [0, 0.1) is 11.3 Å². The molecule has 0 radical (unpaired) electrons. The molecule has 0 aliphatic rings. The lowest BCUT2D eigenvalue weighted by atomic mass is 10.3. The number of ether oxygens (including phenoxy) is 1. The van der Waals surface area contributed by atoms with Crippen LogP contribution in [-0.2, 0) is 6.42 Å². The molecule has 0 saturated heterocycles. The molecule has 0 N–H and O–H groups in total. The highest BCUT2D eigenvalue weighted by atomic mass is 79.9. The van der Waals surface area contributed by atoms with Gasteiger partial charge in [-0.05, 0) is 28.1 Å². The third-order valence-electron chi connectivity index (χ3n) is 2.30. The summed E-state index contributed by atoms with van der Waals surface area (Å²) in [6.45, 7) is 0. The molecule has 17 heavy (non-hydrogen) atoms. The molecule has 0 unspecified atom stereocenters. The Balaban J connectivity index is 2.39. The Hall–Kier alpha value is -1.80. The Morgan fingerprint density at radius 3 is 3.06 bits per heavy atom. The number of aromatic nitrogens is 2. The van der Waals surface area contributed by atoms with Crippen LogP contribution in [0.25, 0.3) is 5.69 Å². The van der Waals surface area contributed by atoms with Crippen molar-refractivity contribution in [3.63, 3.8) is 0 Å². The maximum atomic E-state index is 8.67. The van der Waals surface area contributed by atoms with Crippen molar-refractivity contribution in [2.75, 3.05) is 7.11 Å². The highest BCUT2D eigenvalue weighted by molar-refractivity contribution is 9.10. The number of methoxy groups -OCH3 is 1. The molecule has 4 nitrogen and oxygen atoms in total. The number of nitrogens with zero attached hydrogens (tertiary/aromatic N) is 3. The second kappa shape index (κ2) is 5.02. The summed E-state index contributed by atoms with van der Waals surface area (Å²) in [5.41, 5.74) is 1.63. The fourth-order valence-corrected chi connectivity index (χ4v) is 1.88. The summed E-state index contributed by atoms with van der Waals surface area (Å²) in [6.07, 6.45) is 2.12. The Labute approximate surface area is 108 Å². The molecule has 0 aliphatic carbocycles. The Morgan fingerprint density at radius 1 is 1.53 bits per heavy atom. The molecule has 0 aliphatic heterocycles. The average molecular weight is 292 g/mol. The molecular formula is C12H10BrN3O. The van der Waals surface area contributed by atoms with Crippen molar-refractivity contribution in [2.45, 2.75) is 6.42 Å². The molecule has 0 amide bonds. The fourth-order valence-electron chi connectivity index (χ4n) is 1.47. The van der Waals surface area contributed by atoms with Gasteiger partial charge in [0.15, 0.2) is 0 Å². The molecule has 5 heteroatoms. The maximum Gasteiger partial charge on any atom is 0.121 e. The van der Waals surface area contributed by atoms with Crippen molar-refractivity contribution < 1.29 is 4.74 Å². The predicted octanol–water partition coefficient (Wildman–Crippen LogP) is 2.71. The molecular weight excluding hydrogens is 282 g/mol. The second-order valence-corrected chi connectivity index (χ2v) is 4.26. The van der Waals surface area contributed by atoms with Crippen molar-refractivity contribution in [3.05, 3.63) is 40.6 Å². The number of hydrogen-bond donors (Lipinski definition) is 0. The largest absolute Gasteiger partial charge is 0.497 e. The summed E-state index contributed by atoms with van der Waals surface area (Å²) in [5, 5.41) is 13.0. The summed E-state index contributed by atoms with van der Waals surface area (Å²) in [6, 6.07) is 9.66. The number of halogens is 1. The SMILES string of the molecule is COc1cccc(-n2cc(Br)c(CC#N)n2)c1. The van der Waals surface area contributed by atoms with E-state index in [4.69, 9.17) is 10.00 Å². The van der Waals surface area contributed by atoms with Crippen LogP contribution < -0.4 is 4.74 Å². The monoisotopic (exact) mass is 291 g/mol. The third-order valence-corrected chi connectivity index (χ3v) is 2.97.